The van der Waals surface area contributed by atoms with Gasteiger partial charge in [0.15, 0.2) is 17.5 Å². The maximum absolute atomic E-state index is 13.7. The molecule has 2 amide bonds. The number of fused-ring (bicyclic) bond motifs is 1. The standard InChI is InChI=1S/C26H22N4O5S2/c1-12-4-9-17-18(10-12)37-26(29-17)30-21(15-5-7-16(8-6-15)35-11-19(27)31)20(23(33)25(30)34)22(32)24-13(2)28-14(3)36-24/h4-10,21,33H,11H2,1-3H3,(H2,27,31). The fraction of sp³-hybridized carbons (Fsp3) is 0.192. The molecule has 1 unspecified atom stereocenters. The third-order valence-electron chi connectivity index (χ3n) is 5.88. The fourth-order valence-corrected chi connectivity index (χ4v) is 6.20. The van der Waals surface area contributed by atoms with Crippen molar-refractivity contribution in [3.8, 4) is 5.75 Å². The Balaban J connectivity index is 1.62. The number of ketones is 1. The molecule has 188 valence electrons. The summed E-state index contributed by atoms with van der Waals surface area (Å²) in [5, 5.41) is 12.1. The van der Waals surface area contributed by atoms with Crippen LogP contribution in [-0.4, -0.2) is 39.3 Å². The molecular formula is C26H22N4O5S2. The number of benzene rings is 2. The summed E-state index contributed by atoms with van der Waals surface area (Å²) >= 11 is 2.51. The molecule has 0 fully saturated rings. The first kappa shape index (κ1) is 24.6. The number of aryl methyl sites for hydroxylation is 3. The van der Waals surface area contributed by atoms with E-state index in [2.05, 4.69) is 9.97 Å². The Bertz CT molecular complexity index is 1600. The molecule has 1 atom stereocenters. The van der Waals surface area contributed by atoms with Crippen LogP contribution in [0.1, 0.15) is 37.5 Å². The first-order valence-corrected chi connectivity index (χ1v) is 12.9. The zero-order chi connectivity index (χ0) is 26.4. The van der Waals surface area contributed by atoms with E-state index >= 15 is 0 Å². The van der Waals surface area contributed by atoms with Crippen LogP contribution < -0.4 is 15.4 Å². The Morgan fingerprint density at radius 2 is 1.81 bits per heavy atom. The summed E-state index contributed by atoms with van der Waals surface area (Å²) in [4.78, 5) is 49.0. The molecule has 5 rings (SSSR count). The van der Waals surface area contributed by atoms with Crippen LogP contribution in [0.3, 0.4) is 0 Å². The third kappa shape index (κ3) is 4.47. The van der Waals surface area contributed by atoms with E-state index in [4.69, 9.17) is 10.5 Å². The molecule has 2 aromatic heterocycles. The number of aliphatic hydroxyl groups is 1. The molecule has 3 heterocycles. The number of carbonyl (C=O) groups excluding carboxylic acids is 3. The molecule has 9 nitrogen and oxygen atoms in total. The molecule has 0 saturated heterocycles. The summed E-state index contributed by atoms with van der Waals surface area (Å²) in [7, 11) is 0. The van der Waals surface area contributed by atoms with E-state index in [1.165, 1.54) is 27.6 Å². The number of aliphatic hydroxyl groups excluding tert-OH is 1. The number of rotatable bonds is 7. The number of Topliss-reactive ketones (excluding diaryl/α,β-unsaturated/α-hetero) is 1. The lowest BCUT2D eigenvalue weighted by molar-refractivity contribution is -0.120. The van der Waals surface area contributed by atoms with Crippen molar-refractivity contribution in [2.24, 2.45) is 5.73 Å². The normalized spacial score (nSPS) is 15.6. The van der Waals surface area contributed by atoms with Crippen molar-refractivity contribution in [1.82, 2.24) is 9.97 Å². The summed E-state index contributed by atoms with van der Waals surface area (Å²) in [6, 6.07) is 11.4. The number of thiazole rings is 2. The van der Waals surface area contributed by atoms with Crippen LogP contribution in [0.2, 0.25) is 0 Å². The van der Waals surface area contributed by atoms with Crippen molar-refractivity contribution in [3.63, 3.8) is 0 Å². The molecule has 1 aliphatic heterocycles. The van der Waals surface area contributed by atoms with E-state index in [0.717, 1.165) is 10.3 Å². The van der Waals surface area contributed by atoms with Gasteiger partial charge in [0.2, 0.25) is 5.78 Å². The number of nitrogens with two attached hydrogens (primary N) is 1. The predicted octanol–water partition coefficient (Wildman–Crippen LogP) is 4.33. The Hall–Kier alpha value is -4.09. The van der Waals surface area contributed by atoms with Crippen LogP contribution in [0.4, 0.5) is 5.13 Å². The molecule has 0 radical (unpaired) electrons. The molecule has 0 aliphatic carbocycles. The summed E-state index contributed by atoms with van der Waals surface area (Å²) in [5.74, 6) is -2.02. The first-order chi connectivity index (χ1) is 17.6. The fourth-order valence-electron chi connectivity index (χ4n) is 4.24. The Morgan fingerprint density at radius 1 is 1.08 bits per heavy atom. The zero-order valence-corrected chi connectivity index (χ0v) is 21.8. The molecule has 4 aromatic rings. The number of nitrogens with zero attached hydrogens (tertiary/aromatic N) is 3. The zero-order valence-electron chi connectivity index (χ0n) is 20.1. The highest BCUT2D eigenvalue weighted by Crippen LogP contribution is 2.45. The number of ether oxygens (including phenoxy) is 1. The Kier molecular flexibility index (Phi) is 6.26. The van der Waals surface area contributed by atoms with Crippen LogP contribution in [0.5, 0.6) is 5.75 Å². The van der Waals surface area contributed by atoms with Gasteiger partial charge in [-0.3, -0.25) is 19.3 Å². The van der Waals surface area contributed by atoms with Crippen LogP contribution in [0.15, 0.2) is 53.8 Å². The van der Waals surface area contributed by atoms with Gasteiger partial charge in [0.05, 0.1) is 37.4 Å². The van der Waals surface area contributed by atoms with Gasteiger partial charge >= 0.3 is 0 Å². The average molecular weight is 535 g/mol. The molecular weight excluding hydrogens is 512 g/mol. The van der Waals surface area contributed by atoms with E-state index < -0.39 is 29.4 Å². The van der Waals surface area contributed by atoms with Gasteiger partial charge in [0.25, 0.3) is 11.8 Å². The van der Waals surface area contributed by atoms with Gasteiger partial charge in [-0.15, -0.1) is 11.3 Å². The maximum atomic E-state index is 13.7. The Morgan fingerprint density at radius 3 is 2.46 bits per heavy atom. The minimum atomic E-state index is -0.936. The van der Waals surface area contributed by atoms with Gasteiger partial charge in [-0.2, -0.15) is 0 Å². The topological polar surface area (TPSA) is 136 Å². The average Bonchev–Trinajstić information content (AvgIpc) is 3.50. The molecule has 11 heteroatoms. The smallest absolute Gasteiger partial charge is 0.296 e. The number of primary amides is 1. The van der Waals surface area contributed by atoms with E-state index in [-0.39, 0.29) is 12.2 Å². The van der Waals surface area contributed by atoms with Gasteiger partial charge in [-0.05, 0) is 56.2 Å². The van der Waals surface area contributed by atoms with Crippen molar-refractivity contribution >= 4 is 55.6 Å². The van der Waals surface area contributed by atoms with Gasteiger partial charge in [-0.25, -0.2) is 9.97 Å². The molecule has 1 aliphatic rings. The monoisotopic (exact) mass is 534 g/mol. The largest absolute Gasteiger partial charge is 0.503 e. The summed E-state index contributed by atoms with van der Waals surface area (Å²) in [6.45, 7) is 5.19. The quantitative estimate of drug-likeness (QED) is 0.337. The first-order valence-electron chi connectivity index (χ1n) is 11.3. The highest BCUT2D eigenvalue weighted by Gasteiger charge is 2.46. The molecule has 0 bridgehead atoms. The van der Waals surface area contributed by atoms with E-state index in [0.29, 0.717) is 37.5 Å². The molecule has 2 aromatic carbocycles. The SMILES string of the molecule is Cc1ccc2nc(N3C(=O)C(O)=C(C(=O)c4sc(C)nc4C)C3c3ccc(OCC(N)=O)cc3)sc2c1. The summed E-state index contributed by atoms with van der Waals surface area (Å²) in [6.07, 6.45) is 0. The van der Waals surface area contributed by atoms with Gasteiger partial charge in [0, 0.05) is 0 Å². The van der Waals surface area contributed by atoms with Crippen molar-refractivity contribution < 1.29 is 24.2 Å². The van der Waals surface area contributed by atoms with Crippen molar-refractivity contribution in [2.75, 3.05) is 11.5 Å². The van der Waals surface area contributed by atoms with Gasteiger partial charge in [0.1, 0.15) is 5.75 Å². The molecule has 0 spiro atoms. The Labute approximate surface area is 219 Å². The second-order valence-electron chi connectivity index (χ2n) is 8.61. The minimum Gasteiger partial charge on any atom is -0.503 e. The second kappa shape index (κ2) is 9.41. The number of amides is 2. The van der Waals surface area contributed by atoms with E-state index in [9.17, 15) is 19.5 Å². The number of anilines is 1. The van der Waals surface area contributed by atoms with Crippen molar-refractivity contribution in [1.29, 1.82) is 0 Å². The molecule has 37 heavy (non-hydrogen) atoms. The highest BCUT2D eigenvalue weighted by molar-refractivity contribution is 7.22. The van der Waals surface area contributed by atoms with E-state index in [1.54, 1.807) is 38.1 Å². The van der Waals surface area contributed by atoms with Crippen LogP contribution >= 0.6 is 22.7 Å². The van der Waals surface area contributed by atoms with Crippen LogP contribution in [-0.2, 0) is 9.59 Å². The van der Waals surface area contributed by atoms with Crippen molar-refractivity contribution in [3.05, 3.63) is 80.5 Å². The second-order valence-corrected chi connectivity index (χ2v) is 10.8. The van der Waals surface area contributed by atoms with Crippen LogP contribution in [0.25, 0.3) is 10.2 Å². The predicted molar refractivity (Wildman–Crippen MR) is 141 cm³/mol. The lowest BCUT2D eigenvalue weighted by Gasteiger charge is -2.24. The summed E-state index contributed by atoms with van der Waals surface area (Å²) < 4.78 is 6.23. The molecule has 3 N–H and O–H groups in total. The summed E-state index contributed by atoms with van der Waals surface area (Å²) in [5.41, 5.74) is 7.96. The number of carbonyl (C=O) groups is 3. The lowest BCUT2D eigenvalue weighted by Crippen LogP contribution is -2.31. The third-order valence-corrected chi connectivity index (χ3v) is 7.97. The maximum Gasteiger partial charge on any atom is 0.296 e. The number of hydrogen-bond acceptors (Lipinski definition) is 9. The number of aromatic nitrogens is 2. The van der Waals surface area contributed by atoms with Gasteiger partial charge in [-0.1, -0.05) is 29.5 Å². The lowest BCUT2D eigenvalue weighted by atomic mass is 9.95. The highest BCUT2D eigenvalue weighted by atomic mass is 32.1. The number of hydrogen-bond donors (Lipinski definition) is 2. The van der Waals surface area contributed by atoms with Crippen LogP contribution in [0, 0.1) is 20.8 Å². The molecule has 0 saturated carbocycles. The van der Waals surface area contributed by atoms with E-state index in [1.807, 2.05) is 25.1 Å². The minimum absolute atomic E-state index is 0.0435. The van der Waals surface area contributed by atoms with Gasteiger partial charge < -0.3 is 15.6 Å². The van der Waals surface area contributed by atoms with Crippen molar-refractivity contribution in [2.45, 2.75) is 26.8 Å².